The molecule has 20 heavy (non-hydrogen) atoms. The van der Waals surface area contributed by atoms with Crippen molar-refractivity contribution in [3.8, 4) is 0 Å². The normalized spacial score (nSPS) is 22.5. The Hall–Kier alpha value is -1.54. The summed E-state index contributed by atoms with van der Waals surface area (Å²) in [6.07, 6.45) is 4.50. The lowest BCUT2D eigenvalue weighted by Crippen LogP contribution is -2.31. The number of rotatable bonds is 4. The van der Waals surface area contributed by atoms with Crippen molar-refractivity contribution in [2.45, 2.75) is 37.7 Å². The summed E-state index contributed by atoms with van der Waals surface area (Å²) in [4.78, 5) is 12.8. The van der Waals surface area contributed by atoms with Crippen LogP contribution in [0.5, 0.6) is 0 Å². The molecule has 0 radical (unpaired) electrons. The van der Waals surface area contributed by atoms with E-state index in [0.717, 1.165) is 38.1 Å². The van der Waals surface area contributed by atoms with Crippen LogP contribution in [0.15, 0.2) is 0 Å². The molecule has 2 aromatic heterocycles. The van der Waals surface area contributed by atoms with Gasteiger partial charge in [0.1, 0.15) is 0 Å². The van der Waals surface area contributed by atoms with Crippen LogP contribution in [0.3, 0.4) is 0 Å². The van der Waals surface area contributed by atoms with E-state index < -0.39 is 0 Å². The highest BCUT2D eigenvalue weighted by Gasteiger charge is 2.30. The molecule has 3 heterocycles. The Morgan fingerprint density at radius 3 is 3.05 bits per heavy atom. The van der Waals surface area contributed by atoms with Crippen molar-refractivity contribution in [2.75, 3.05) is 13.2 Å². The Balaban J connectivity index is 1.48. The van der Waals surface area contributed by atoms with Gasteiger partial charge in [0.2, 0.25) is 9.97 Å². The number of ether oxygens (including phenoxy) is 1. The summed E-state index contributed by atoms with van der Waals surface area (Å²) in [6, 6.07) is 0. The molecule has 8 heteroatoms. The van der Waals surface area contributed by atoms with Gasteiger partial charge in [-0.3, -0.25) is 4.79 Å². The molecule has 0 spiro atoms. The fraction of sp³-hybridized carbons (Fsp3) is 0.667. The average molecular weight is 293 g/mol. The maximum Gasteiger partial charge on any atom is 0.282 e. The summed E-state index contributed by atoms with van der Waals surface area (Å²) in [5.41, 5.74) is 0. The van der Waals surface area contributed by atoms with E-state index in [9.17, 15) is 4.79 Å². The molecule has 2 fully saturated rings. The number of fused-ring (bicyclic) bond motifs is 1. The van der Waals surface area contributed by atoms with Gasteiger partial charge in [0.25, 0.3) is 5.91 Å². The minimum Gasteiger partial charge on any atom is -0.376 e. The fourth-order valence-electron chi connectivity index (χ4n) is 2.41. The first-order valence-electron chi connectivity index (χ1n) is 6.93. The number of nitrogens with zero attached hydrogens (tertiary/aromatic N) is 4. The second kappa shape index (κ2) is 4.78. The quantitative estimate of drug-likeness (QED) is 0.908. The zero-order valence-electron chi connectivity index (χ0n) is 10.9. The maximum atomic E-state index is 12.1. The van der Waals surface area contributed by atoms with Gasteiger partial charge in [-0.05, 0) is 25.7 Å². The third kappa shape index (κ3) is 2.18. The molecule has 106 valence electrons. The number of hydrogen-bond acceptors (Lipinski definition) is 6. The molecule has 1 saturated carbocycles. The van der Waals surface area contributed by atoms with Crippen molar-refractivity contribution >= 4 is 22.2 Å². The van der Waals surface area contributed by atoms with Crippen molar-refractivity contribution in [3.63, 3.8) is 0 Å². The Bertz CT molecular complexity index is 641. The van der Waals surface area contributed by atoms with Gasteiger partial charge in [-0.2, -0.15) is 4.52 Å². The smallest absolute Gasteiger partial charge is 0.282 e. The van der Waals surface area contributed by atoms with Gasteiger partial charge in [-0.1, -0.05) is 11.3 Å². The molecule has 4 rings (SSSR count). The predicted molar refractivity (Wildman–Crippen MR) is 71.9 cm³/mol. The summed E-state index contributed by atoms with van der Waals surface area (Å²) in [6.45, 7) is 1.34. The molecule has 0 bridgehead atoms. The van der Waals surface area contributed by atoms with Crippen LogP contribution in [0.1, 0.15) is 47.2 Å². The SMILES string of the molecule is O=C(NCC1CCCO1)c1nn2c(C3CC3)nnc2s1. The lowest BCUT2D eigenvalue weighted by Gasteiger charge is -2.09. The molecule has 1 aliphatic heterocycles. The highest BCUT2D eigenvalue weighted by molar-refractivity contribution is 7.18. The van der Waals surface area contributed by atoms with E-state index in [1.54, 1.807) is 4.52 Å². The summed E-state index contributed by atoms with van der Waals surface area (Å²) < 4.78 is 7.19. The van der Waals surface area contributed by atoms with Crippen LogP contribution in [0.4, 0.5) is 0 Å². The Morgan fingerprint density at radius 2 is 2.30 bits per heavy atom. The molecule has 2 aromatic rings. The zero-order chi connectivity index (χ0) is 13.5. The highest BCUT2D eigenvalue weighted by Crippen LogP contribution is 2.39. The van der Waals surface area contributed by atoms with Crippen molar-refractivity contribution in [1.82, 2.24) is 25.1 Å². The summed E-state index contributed by atoms with van der Waals surface area (Å²) in [5.74, 6) is 1.20. The molecule has 7 nitrogen and oxygen atoms in total. The topological polar surface area (TPSA) is 81.4 Å². The summed E-state index contributed by atoms with van der Waals surface area (Å²) in [5, 5.41) is 15.9. The van der Waals surface area contributed by atoms with Crippen LogP contribution in [-0.2, 0) is 4.74 Å². The predicted octanol–water partition coefficient (Wildman–Crippen LogP) is 0.972. The first kappa shape index (κ1) is 12.2. The zero-order valence-corrected chi connectivity index (χ0v) is 11.7. The summed E-state index contributed by atoms with van der Waals surface area (Å²) in [7, 11) is 0. The summed E-state index contributed by atoms with van der Waals surface area (Å²) >= 11 is 1.28. The molecule has 1 saturated heterocycles. The van der Waals surface area contributed by atoms with Crippen LogP contribution in [-0.4, -0.2) is 45.0 Å². The first-order valence-corrected chi connectivity index (χ1v) is 7.75. The molecule has 1 N–H and O–H groups in total. The third-order valence-corrected chi connectivity index (χ3v) is 4.56. The van der Waals surface area contributed by atoms with Crippen molar-refractivity contribution in [3.05, 3.63) is 10.8 Å². The number of aromatic nitrogens is 4. The molecular formula is C12H15N5O2S. The van der Waals surface area contributed by atoms with Crippen LogP contribution >= 0.6 is 11.3 Å². The highest BCUT2D eigenvalue weighted by atomic mass is 32.1. The number of nitrogens with one attached hydrogen (secondary N) is 1. The average Bonchev–Trinajstić information content (AvgIpc) is 2.91. The second-order valence-electron chi connectivity index (χ2n) is 5.28. The van der Waals surface area contributed by atoms with Crippen LogP contribution in [0, 0.1) is 0 Å². The molecular weight excluding hydrogens is 278 g/mol. The van der Waals surface area contributed by atoms with Crippen molar-refractivity contribution in [1.29, 1.82) is 0 Å². The van der Waals surface area contributed by atoms with E-state index in [0.29, 0.717) is 22.4 Å². The van der Waals surface area contributed by atoms with Gasteiger partial charge in [-0.15, -0.1) is 15.3 Å². The van der Waals surface area contributed by atoms with Gasteiger partial charge in [0.15, 0.2) is 5.82 Å². The van der Waals surface area contributed by atoms with Gasteiger partial charge >= 0.3 is 0 Å². The van der Waals surface area contributed by atoms with E-state index in [-0.39, 0.29) is 12.0 Å². The standard InChI is InChI=1S/C12H15N5O2S/c18-10(13-6-8-2-1-5-19-8)11-16-17-9(7-3-4-7)14-15-12(17)20-11/h7-8H,1-6H2,(H,13,18). The molecule has 1 amide bonds. The van der Waals surface area contributed by atoms with Gasteiger partial charge < -0.3 is 10.1 Å². The molecule has 2 aliphatic rings. The number of amides is 1. The van der Waals surface area contributed by atoms with Crippen LogP contribution < -0.4 is 5.32 Å². The molecule has 0 aromatic carbocycles. The third-order valence-electron chi connectivity index (χ3n) is 3.67. The van der Waals surface area contributed by atoms with Crippen molar-refractivity contribution in [2.24, 2.45) is 0 Å². The Kier molecular flexibility index (Phi) is 2.92. The number of hydrogen-bond donors (Lipinski definition) is 1. The van der Waals surface area contributed by atoms with E-state index in [2.05, 4.69) is 20.6 Å². The van der Waals surface area contributed by atoms with Gasteiger partial charge in [0.05, 0.1) is 6.10 Å². The fourth-order valence-corrected chi connectivity index (χ4v) is 3.17. The second-order valence-corrected chi connectivity index (χ2v) is 6.24. The lowest BCUT2D eigenvalue weighted by molar-refractivity contribution is 0.0856. The maximum absolute atomic E-state index is 12.1. The van der Waals surface area contributed by atoms with E-state index in [4.69, 9.17) is 4.74 Å². The molecule has 1 atom stereocenters. The Labute approximate surface area is 119 Å². The number of carbonyl (C=O) groups is 1. The molecule has 1 unspecified atom stereocenters. The number of carbonyl (C=O) groups excluding carboxylic acids is 1. The lowest BCUT2D eigenvalue weighted by atomic mass is 10.2. The first-order chi connectivity index (χ1) is 9.81. The van der Waals surface area contributed by atoms with E-state index >= 15 is 0 Å². The van der Waals surface area contributed by atoms with Crippen molar-refractivity contribution < 1.29 is 9.53 Å². The van der Waals surface area contributed by atoms with Gasteiger partial charge in [0, 0.05) is 19.1 Å². The van der Waals surface area contributed by atoms with E-state index in [1.165, 1.54) is 11.3 Å². The van der Waals surface area contributed by atoms with Gasteiger partial charge in [-0.25, -0.2) is 0 Å². The minimum atomic E-state index is -0.155. The van der Waals surface area contributed by atoms with Crippen LogP contribution in [0.25, 0.3) is 4.96 Å². The van der Waals surface area contributed by atoms with Crippen LogP contribution in [0.2, 0.25) is 0 Å². The Morgan fingerprint density at radius 1 is 1.40 bits per heavy atom. The monoisotopic (exact) mass is 293 g/mol. The van der Waals surface area contributed by atoms with E-state index in [1.807, 2.05) is 0 Å². The molecule has 1 aliphatic carbocycles. The minimum absolute atomic E-state index is 0.145. The largest absolute Gasteiger partial charge is 0.376 e.